The van der Waals surface area contributed by atoms with E-state index >= 15 is 0 Å². The van der Waals surface area contributed by atoms with Gasteiger partial charge in [-0.3, -0.25) is 5.10 Å². The molecule has 1 aliphatic heterocycles. The Kier molecular flexibility index (Phi) is 3.81. The number of rotatable bonds is 4. The van der Waals surface area contributed by atoms with Gasteiger partial charge in [-0.2, -0.15) is 9.40 Å². The smallest absolute Gasteiger partial charge is 0.260 e. The summed E-state index contributed by atoms with van der Waals surface area (Å²) in [6.07, 6.45) is 5.61. The molecule has 114 valence electrons. The molecule has 1 saturated heterocycles. The van der Waals surface area contributed by atoms with Crippen molar-refractivity contribution in [1.82, 2.24) is 24.5 Å². The molecule has 8 heteroatoms. The summed E-state index contributed by atoms with van der Waals surface area (Å²) >= 11 is 0. The number of aromatic amines is 2. The summed E-state index contributed by atoms with van der Waals surface area (Å²) in [4.78, 5) is 6.98. The van der Waals surface area contributed by atoms with Crippen molar-refractivity contribution in [3.8, 4) is 0 Å². The molecule has 0 bridgehead atoms. The number of aromatic nitrogens is 4. The van der Waals surface area contributed by atoms with Crippen molar-refractivity contribution in [3.63, 3.8) is 0 Å². The Morgan fingerprint density at radius 3 is 3.00 bits per heavy atom. The van der Waals surface area contributed by atoms with E-state index in [9.17, 15) is 8.42 Å². The first-order chi connectivity index (χ1) is 10.1. The van der Waals surface area contributed by atoms with Crippen LogP contribution in [0.25, 0.3) is 0 Å². The van der Waals surface area contributed by atoms with E-state index in [1.807, 2.05) is 13.0 Å². The molecule has 21 heavy (non-hydrogen) atoms. The normalized spacial score (nSPS) is 20.7. The lowest BCUT2D eigenvalue weighted by Crippen LogP contribution is -2.39. The first kappa shape index (κ1) is 14.3. The number of nitrogens with zero attached hydrogens (tertiary/aromatic N) is 3. The SMILES string of the molecule is CCc1ncc(S(=O)(=O)N2CCCC(c3ccn[nH]3)C2)[nH]1. The number of imidazole rings is 1. The first-order valence-electron chi connectivity index (χ1n) is 7.14. The van der Waals surface area contributed by atoms with E-state index in [2.05, 4.69) is 20.2 Å². The number of sulfonamides is 1. The second kappa shape index (κ2) is 5.61. The summed E-state index contributed by atoms with van der Waals surface area (Å²) in [6.45, 7) is 2.96. The van der Waals surface area contributed by atoms with Crippen LogP contribution in [0.1, 0.15) is 37.2 Å². The standard InChI is InChI=1S/C13H19N5O2S/c1-2-12-14-8-13(16-12)21(19,20)18-7-3-4-10(9-18)11-5-6-15-17-11/h5-6,8,10H,2-4,7,9H2,1H3,(H,14,16)(H,15,17). The van der Waals surface area contributed by atoms with Crippen LogP contribution in [-0.2, 0) is 16.4 Å². The average Bonchev–Trinajstić information content (AvgIpc) is 3.19. The third kappa shape index (κ3) is 2.73. The zero-order valence-electron chi connectivity index (χ0n) is 11.9. The topological polar surface area (TPSA) is 94.7 Å². The quantitative estimate of drug-likeness (QED) is 0.889. The zero-order valence-corrected chi connectivity index (χ0v) is 12.7. The van der Waals surface area contributed by atoms with Crippen LogP contribution in [0.2, 0.25) is 0 Å². The van der Waals surface area contributed by atoms with E-state index in [1.54, 1.807) is 6.20 Å². The van der Waals surface area contributed by atoms with Gasteiger partial charge in [0, 0.05) is 37.3 Å². The van der Waals surface area contributed by atoms with Crippen molar-refractivity contribution < 1.29 is 8.42 Å². The van der Waals surface area contributed by atoms with Gasteiger partial charge >= 0.3 is 0 Å². The monoisotopic (exact) mass is 309 g/mol. The van der Waals surface area contributed by atoms with Crippen LogP contribution in [0.4, 0.5) is 0 Å². The largest absolute Gasteiger partial charge is 0.332 e. The van der Waals surface area contributed by atoms with Crippen molar-refractivity contribution in [2.45, 2.75) is 37.1 Å². The molecule has 0 saturated carbocycles. The molecular weight excluding hydrogens is 290 g/mol. The van der Waals surface area contributed by atoms with E-state index in [1.165, 1.54) is 10.5 Å². The molecule has 3 heterocycles. The Bertz CT molecular complexity index is 692. The lowest BCUT2D eigenvalue weighted by Gasteiger charge is -2.30. The van der Waals surface area contributed by atoms with Crippen molar-refractivity contribution in [2.75, 3.05) is 13.1 Å². The number of nitrogens with one attached hydrogen (secondary N) is 2. The fraction of sp³-hybridized carbons (Fsp3) is 0.538. The van der Waals surface area contributed by atoms with Gasteiger partial charge in [0.1, 0.15) is 5.82 Å². The number of hydrogen-bond acceptors (Lipinski definition) is 4. The Balaban J connectivity index is 1.82. The first-order valence-corrected chi connectivity index (χ1v) is 8.58. The van der Waals surface area contributed by atoms with Crippen molar-refractivity contribution in [1.29, 1.82) is 0 Å². The van der Waals surface area contributed by atoms with Gasteiger partial charge in [0.15, 0.2) is 5.03 Å². The predicted octanol–water partition coefficient (Wildman–Crippen LogP) is 1.26. The molecule has 1 aliphatic rings. The van der Waals surface area contributed by atoms with Crippen molar-refractivity contribution in [2.24, 2.45) is 0 Å². The molecule has 1 unspecified atom stereocenters. The van der Waals surface area contributed by atoms with Crippen molar-refractivity contribution >= 4 is 10.0 Å². The molecule has 1 fully saturated rings. The van der Waals surface area contributed by atoms with Crippen LogP contribution in [0.5, 0.6) is 0 Å². The fourth-order valence-corrected chi connectivity index (χ4v) is 4.16. The minimum absolute atomic E-state index is 0.171. The third-order valence-corrected chi connectivity index (χ3v) is 5.68. The summed E-state index contributed by atoms with van der Waals surface area (Å²) in [5, 5.41) is 7.07. The Labute approximate surface area is 123 Å². The summed E-state index contributed by atoms with van der Waals surface area (Å²) in [6, 6.07) is 1.91. The van der Waals surface area contributed by atoms with Crippen LogP contribution in [0, 0.1) is 0 Å². The van der Waals surface area contributed by atoms with Crippen LogP contribution in [-0.4, -0.2) is 46.0 Å². The number of aryl methyl sites for hydroxylation is 1. The highest BCUT2D eigenvalue weighted by molar-refractivity contribution is 7.89. The molecule has 1 atom stereocenters. The van der Waals surface area contributed by atoms with Crippen LogP contribution < -0.4 is 0 Å². The van der Waals surface area contributed by atoms with E-state index in [-0.39, 0.29) is 10.9 Å². The highest BCUT2D eigenvalue weighted by Gasteiger charge is 2.32. The van der Waals surface area contributed by atoms with E-state index in [0.29, 0.717) is 25.3 Å². The molecular formula is C13H19N5O2S. The Morgan fingerprint density at radius 1 is 1.48 bits per heavy atom. The van der Waals surface area contributed by atoms with Crippen molar-refractivity contribution in [3.05, 3.63) is 30.0 Å². The second-order valence-electron chi connectivity index (χ2n) is 5.26. The highest BCUT2D eigenvalue weighted by atomic mass is 32.2. The van der Waals surface area contributed by atoms with Crippen LogP contribution in [0.15, 0.2) is 23.5 Å². The van der Waals surface area contributed by atoms with Crippen LogP contribution >= 0.6 is 0 Å². The maximum Gasteiger partial charge on any atom is 0.260 e. The minimum atomic E-state index is -3.49. The van der Waals surface area contributed by atoms with Gasteiger partial charge in [0.25, 0.3) is 10.0 Å². The minimum Gasteiger partial charge on any atom is -0.332 e. The van der Waals surface area contributed by atoms with Gasteiger partial charge < -0.3 is 4.98 Å². The van der Waals surface area contributed by atoms with Gasteiger partial charge in [-0.15, -0.1) is 0 Å². The third-order valence-electron chi connectivity index (χ3n) is 3.90. The highest BCUT2D eigenvalue weighted by Crippen LogP contribution is 2.28. The molecule has 2 N–H and O–H groups in total. The molecule has 2 aromatic heterocycles. The predicted molar refractivity (Wildman–Crippen MR) is 77.3 cm³/mol. The zero-order chi connectivity index (χ0) is 14.9. The van der Waals surface area contributed by atoms with Gasteiger partial charge in [-0.1, -0.05) is 6.92 Å². The number of piperidine rings is 1. The molecule has 7 nitrogen and oxygen atoms in total. The maximum atomic E-state index is 12.7. The average molecular weight is 309 g/mol. The molecule has 0 aliphatic carbocycles. The molecule has 2 aromatic rings. The lowest BCUT2D eigenvalue weighted by molar-refractivity contribution is 0.312. The fourth-order valence-electron chi connectivity index (χ4n) is 2.70. The maximum absolute atomic E-state index is 12.7. The molecule has 3 rings (SSSR count). The molecule has 0 spiro atoms. The van der Waals surface area contributed by atoms with E-state index < -0.39 is 10.0 Å². The summed E-state index contributed by atoms with van der Waals surface area (Å²) in [5.41, 5.74) is 0.994. The van der Waals surface area contributed by atoms with Gasteiger partial charge in [0.05, 0.1) is 6.20 Å². The Morgan fingerprint density at radius 2 is 2.33 bits per heavy atom. The van der Waals surface area contributed by atoms with Crippen LogP contribution in [0.3, 0.4) is 0 Å². The van der Waals surface area contributed by atoms with Gasteiger partial charge in [-0.25, -0.2) is 13.4 Å². The summed E-state index contributed by atoms with van der Waals surface area (Å²) in [5.74, 6) is 0.861. The molecule has 0 aromatic carbocycles. The van der Waals surface area contributed by atoms with Gasteiger partial charge in [0.2, 0.25) is 0 Å². The number of hydrogen-bond donors (Lipinski definition) is 2. The summed E-state index contributed by atoms with van der Waals surface area (Å²) in [7, 11) is -3.49. The summed E-state index contributed by atoms with van der Waals surface area (Å²) < 4.78 is 26.9. The second-order valence-corrected chi connectivity index (χ2v) is 7.17. The number of H-pyrrole nitrogens is 2. The lowest BCUT2D eigenvalue weighted by atomic mass is 9.96. The van der Waals surface area contributed by atoms with E-state index in [0.717, 1.165) is 18.5 Å². The van der Waals surface area contributed by atoms with E-state index in [4.69, 9.17) is 0 Å². The molecule has 0 radical (unpaired) electrons. The molecule has 0 amide bonds. The van der Waals surface area contributed by atoms with Gasteiger partial charge in [-0.05, 0) is 18.9 Å². The Hall–Kier alpha value is -1.67.